The number of aliphatic hydroxyl groups is 1. The molecule has 10 heteroatoms. The molecule has 2 aromatic rings. The van der Waals surface area contributed by atoms with Crippen molar-refractivity contribution < 1.29 is 28.5 Å². The zero-order valence-corrected chi connectivity index (χ0v) is 15.4. The van der Waals surface area contributed by atoms with E-state index >= 15 is 0 Å². The molecule has 0 bridgehead atoms. The van der Waals surface area contributed by atoms with Gasteiger partial charge in [0.05, 0.1) is 6.04 Å². The van der Waals surface area contributed by atoms with E-state index in [0.29, 0.717) is 36.3 Å². The van der Waals surface area contributed by atoms with Crippen molar-refractivity contribution in [3.8, 4) is 5.75 Å². The van der Waals surface area contributed by atoms with Crippen molar-refractivity contribution in [2.45, 2.75) is 31.9 Å². The lowest BCUT2D eigenvalue weighted by Crippen LogP contribution is -2.27. The number of halogens is 2. The van der Waals surface area contributed by atoms with E-state index in [1.54, 1.807) is 0 Å². The molecule has 3 rings (SSSR count). The number of carboxylic acid groups (broad SMARTS) is 1. The van der Waals surface area contributed by atoms with Crippen LogP contribution in [0.1, 0.15) is 24.2 Å². The molecule has 0 radical (unpaired) electrons. The second-order valence-corrected chi connectivity index (χ2v) is 6.44. The number of carbonyl (C=O) groups is 1. The first-order valence-electron chi connectivity index (χ1n) is 8.25. The third kappa shape index (κ3) is 5.12. The maximum absolute atomic E-state index is 13.7. The molecule has 0 saturated carbocycles. The van der Waals surface area contributed by atoms with Crippen molar-refractivity contribution in [2.75, 3.05) is 13.2 Å². The van der Waals surface area contributed by atoms with Gasteiger partial charge in [-0.2, -0.15) is 0 Å². The highest BCUT2D eigenvalue weighted by molar-refractivity contribution is 7.71. The number of hydrogen-bond acceptors (Lipinski definition) is 5. The van der Waals surface area contributed by atoms with Crippen LogP contribution in [-0.4, -0.2) is 45.0 Å². The van der Waals surface area contributed by atoms with E-state index in [2.05, 4.69) is 4.98 Å². The van der Waals surface area contributed by atoms with E-state index < -0.39 is 23.7 Å². The number of ether oxygens (including phenoxy) is 1. The number of nitrogens with two attached hydrogens (primary N) is 1. The van der Waals surface area contributed by atoms with Crippen LogP contribution in [0.25, 0.3) is 0 Å². The summed E-state index contributed by atoms with van der Waals surface area (Å²) in [6, 6.07) is 2.05. The highest BCUT2D eigenvalue weighted by atomic mass is 32.1. The van der Waals surface area contributed by atoms with Crippen LogP contribution in [0.3, 0.4) is 0 Å². The topological polar surface area (TPSA) is 114 Å². The number of carboxylic acids is 1. The lowest BCUT2D eigenvalue weighted by molar-refractivity contribution is -0.145. The monoisotopic (exact) mass is 401 g/mol. The average molecular weight is 401 g/mol. The Morgan fingerprint density at radius 1 is 1.52 bits per heavy atom. The van der Waals surface area contributed by atoms with Crippen LogP contribution in [0, 0.1) is 16.4 Å². The van der Waals surface area contributed by atoms with Gasteiger partial charge in [-0.3, -0.25) is 0 Å². The molecule has 1 aliphatic heterocycles. The quantitative estimate of drug-likeness (QED) is 0.583. The van der Waals surface area contributed by atoms with E-state index in [1.165, 1.54) is 13.0 Å². The van der Waals surface area contributed by atoms with Gasteiger partial charge in [-0.25, -0.2) is 13.6 Å². The summed E-state index contributed by atoms with van der Waals surface area (Å²) < 4.78 is 35.0. The number of nitrogens with zero attached hydrogens (tertiary/aromatic N) is 1. The largest absolute Gasteiger partial charge is 0.488 e. The molecular weight excluding hydrogens is 380 g/mol. The van der Waals surface area contributed by atoms with Crippen molar-refractivity contribution in [2.24, 2.45) is 5.73 Å². The predicted octanol–water partition coefficient (Wildman–Crippen LogP) is 1.95. The molecule has 7 nitrogen and oxygen atoms in total. The summed E-state index contributed by atoms with van der Waals surface area (Å²) in [5.74, 6) is -2.32. The Morgan fingerprint density at radius 2 is 2.19 bits per heavy atom. The summed E-state index contributed by atoms with van der Waals surface area (Å²) in [7, 11) is 0. The Balaban J connectivity index is 0.000000380. The maximum Gasteiger partial charge on any atom is 0.332 e. The molecule has 1 aliphatic rings. The number of aliphatic hydroxyl groups excluding tert-OH is 1. The van der Waals surface area contributed by atoms with Gasteiger partial charge in [0.25, 0.3) is 0 Å². The fourth-order valence-corrected chi connectivity index (χ4v) is 3.07. The van der Waals surface area contributed by atoms with Crippen LogP contribution in [0.15, 0.2) is 18.3 Å². The first kappa shape index (κ1) is 21.0. The Hall–Kier alpha value is -2.30. The first-order valence-corrected chi connectivity index (χ1v) is 8.65. The molecule has 0 fully saturated rings. The van der Waals surface area contributed by atoms with Crippen molar-refractivity contribution in [1.82, 2.24) is 9.55 Å². The van der Waals surface area contributed by atoms with E-state index in [4.69, 9.17) is 32.9 Å². The molecule has 2 heterocycles. The maximum atomic E-state index is 13.7. The molecule has 148 valence electrons. The van der Waals surface area contributed by atoms with Gasteiger partial charge in [-0.05, 0) is 31.8 Å². The molecular formula is C17H21F2N3O4S. The summed E-state index contributed by atoms with van der Waals surface area (Å²) in [5, 5.41) is 15.8. The highest BCUT2D eigenvalue weighted by Crippen LogP contribution is 2.33. The highest BCUT2D eigenvalue weighted by Gasteiger charge is 2.26. The Kier molecular flexibility index (Phi) is 7.05. The molecule has 2 atom stereocenters. The standard InChI is InChI=1S/C14H15F2N3OS.C3H6O3/c15-9-3-8-4-11(7-20-13(8)12(16)5-9)19-10(1-2-17)6-18-14(19)21;1-2(4)3(5)6/h3,5-6,11H,1-2,4,7,17H2,(H,18,21);2,4H,1H3,(H,5,6)/t;2-/m.1/s1. The number of aromatic amines is 1. The van der Waals surface area contributed by atoms with Gasteiger partial charge >= 0.3 is 5.97 Å². The smallest absolute Gasteiger partial charge is 0.332 e. The number of aromatic nitrogens is 2. The Labute approximate surface area is 159 Å². The minimum Gasteiger partial charge on any atom is -0.488 e. The zero-order valence-electron chi connectivity index (χ0n) is 14.6. The second kappa shape index (κ2) is 9.07. The summed E-state index contributed by atoms with van der Waals surface area (Å²) in [4.78, 5) is 12.4. The van der Waals surface area contributed by atoms with Crippen LogP contribution in [0.5, 0.6) is 5.75 Å². The van der Waals surface area contributed by atoms with E-state index in [-0.39, 0.29) is 11.8 Å². The SMILES string of the molecule is C[C@@H](O)C(=O)O.NCCc1c[nH]c(=S)n1C1COc2c(F)cc(F)cc2C1. The molecule has 0 aliphatic carbocycles. The number of rotatable bonds is 4. The number of nitrogens with one attached hydrogen (secondary N) is 1. The van der Waals surface area contributed by atoms with Crippen LogP contribution in [0.4, 0.5) is 8.78 Å². The van der Waals surface area contributed by atoms with E-state index in [0.717, 1.165) is 11.8 Å². The summed E-state index contributed by atoms with van der Waals surface area (Å²) in [6.45, 7) is 1.99. The summed E-state index contributed by atoms with van der Waals surface area (Å²) in [6.07, 6.45) is 1.73. The van der Waals surface area contributed by atoms with Gasteiger partial charge in [-0.1, -0.05) is 0 Å². The van der Waals surface area contributed by atoms with Crippen LogP contribution in [-0.2, 0) is 17.6 Å². The Morgan fingerprint density at radius 3 is 2.78 bits per heavy atom. The lowest BCUT2D eigenvalue weighted by atomic mass is 10.0. The van der Waals surface area contributed by atoms with Crippen LogP contribution < -0.4 is 10.5 Å². The lowest BCUT2D eigenvalue weighted by Gasteiger charge is -2.27. The Bertz CT molecular complexity index is 866. The first-order chi connectivity index (χ1) is 12.7. The minimum atomic E-state index is -1.23. The normalized spacial score (nSPS) is 16.6. The molecule has 1 aromatic carbocycles. The molecule has 0 amide bonds. The van der Waals surface area contributed by atoms with Gasteiger partial charge in [0.15, 0.2) is 16.3 Å². The van der Waals surface area contributed by atoms with E-state index in [9.17, 15) is 13.6 Å². The number of imidazole rings is 1. The van der Waals surface area contributed by atoms with Crippen molar-refractivity contribution in [3.63, 3.8) is 0 Å². The van der Waals surface area contributed by atoms with Gasteiger partial charge in [0.1, 0.15) is 18.5 Å². The third-order valence-electron chi connectivity index (χ3n) is 3.97. The number of hydrogen-bond donors (Lipinski definition) is 4. The molecule has 0 saturated heterocycles. The van der Waals surface area contributed by atoms with Gasteiger partial charge < -0.3 is 30.2 Å². The second-order valence-electron chi connectivity index (χ2n) is 6.05. The molecule has 1 unspecified atom stereocenters. The van der Waals surface area contributed by atoms with Gasteiger partial charge in [0.2, 0.25) is 0 Å². The summed E-state index contributed by atoms with van der Waals surface area (Å²) >= 11 is 5.28. The van der Waals surface area contributed by atoms with Crippen LogP contribution in [0.2, 0.25) is 0 Å². The van der Waals surface area contributed by atoms with Gasteiger partial charge in [-0.15, -0.1) is 0 Å². The number of benzene rings is 1. The van der Waals surface area contributed by atoms with Crippen LogP contribution >= 0.6 is 12.2 Å². The molecule has 1 aromatic heterocycles. The number of H-pyrrole nitrogens is 1. The number of aliphatic carboxylic acids is 1. The summed E-state index contributed by atoms with van der Waals surface area (Å²) in [5.41, 5.74) is 7.08. The predicted molar refractivity (Wildman–Crippen MR) is 96.3 cm³/mol. The van der Waals surface area contributed by atoms with E-state index in [1.807, 2.05) is 10.8 Å². The molecule has 0 spiro atoms. The zero-order chi connectivity index (χ0) is 20.1. The molecule has 5 N–H and O–H groups in total. The number of fused-ring (bicyclic) bond motifs is 1. The van der Waals surface area contributed by atoms with Crippen molar-refractivity contribution in [1.29, 1.82) is 0 Å². The minimum absolute atomic E-state index is 0.0981. The molecule has 27 heavy (non-hydrogen) atoms. The fourth-order valence-electron chi connectivity index (χ4n) is 2.74. The van der Waals surface area contributed by atoms with Crippen molar-refractivity contribution in [3.05, 3.63) is 46.0 Å². The van der Waals surface area contributed by atoms with Crippen molar-refractivity contribution >= 4 is 18.2 Å². The fraction of sp³-hybridized carbons (Fsp3) is 0.412. The van der Waals surface area contributed by atoms with Gasteiger partial charge in [0, 0.05) is 36.4 Å². The average Bonchev–Trinajstić information content (AvgIpc) is 2.95. The third-order valence-corrected chi connectivity index (χ3v) is 4.29.